The molecule has 7 nitrogen and oxygen atoms in total. The third kappa shape index (κ3) is 4.08. The molecule has 1 aliphatic rings. The van der Waals surface area contributed by atoms with E-state index in [4.69, 9.17) is 10.9 Å². The number of thioether (sulfide) groups is 1. The number of amides is 1. The molecule has 2 aromatic carbocycles. The molecular weight excluding hydrogens is 371 g/mol. The van der Waals surface area contributed by atoms with Crippen LogP contribution >= 0.6 is 11.8 Å². The van der Waals surface area contributed by atoms with E-state index in [1.165, 1.54) is 42.1 Å². The van der Waals surface area contributed by atoms with Crippen LogP contribution in [0.25, 0.3) is 0 Å². The molecule has 1 atom stereocenters. The summed E-state index contributed by atoms with van der Waals surface area (Å²) in [6.45, 7) is 1.92. The molecule has 3 rings (SSSR count). The second kappa shape index (κ2) is 7.36. The Labute approximate surface area is 159 Å². The minimum atomic E-state index is -0.580. The third-order valence-electron chi connectivity index (χ3n) is 4.38. The molecular formula is C18H18FN4O3S+. The number of nitrogens with zero attached hydrogens (tertiary/aromatic N) is 2. The summed E-state index contributed by atoms with van der Waals surface area (Å²) in [6, 6.07) is 9.77. The lowest BCUT2D eigenvalue weighted by atomic mass is 9.89. The fourth-order valence-corrected chi connectivity index (χ4v) is 3.76. The number of carbonyl (C=O) groups excluding carboxylic acids is 1. The fourth-order valence-electron chi connectivity index (χ4n) is 2.79. The fraction of sp³-hybridized carbons (Fsp3) is 0.222. The Bertz CT molecular complexity index is 933. The summed E-state index contributed by atoms with van der Waals surface area (Å²) in [7, 11) is 0. The number of benzene rings is 2. The number of halogens is 1. The summed E-state index contributed by atoms with van der Waals surface area (Å²) >= 11 is 1.47. The van der Waals surface area contributed by atoms with Gasteiger partial charge in [0, 0.05) is 23.4 Å². The van der Waals surface area contributed by atoms with Crippen molar-refractivity contribution in [1.29, 1.82) is 0 Å². The number of aliphatic imine (C=N–C) groups is 1. The Balaban J connectivity index is 1.85. The average molecular weight is 389 g/mol. The van der Waals surface area contributed by atoms with Crippen molar-refractivity contribution in [1.82, 2.24) is 0 Å². The van der Waals surface area contributed by atoms with E-state index in [1.807, 2.05) is 6.92 Å². The molecule has 0 radical (unpaired) electrons. The van der Waals surface area contributed by atoms with Crippen molar-refractivity contribution in [2.24, 2.45) is 10.7 Å². The van der Waals surface area contributed by atoms with Crippen molar-refractivity contribution < 1.29 is 19.3 Å². The Kier molecular flexibility index (Phi) is 5.13. The van der Waals surface area contributed by atoms with Crippen LogP contribution in [0.5, 0.6) is 0 Å². The van der Waals surface area contributed by atoms with Gasteiger partial charge in [-0.25, -0.2) is 9.60 Å². The Morgan fingerprint density at radius 3 is 2.67 bits per heavy atom. The van der Waals surface area contributed by atoms with Gasteiger partial charge >= 0.3 is 5.69 Å². The summed E-state index contributed by atoms with van der Waals surface area (Å²) in [5.74, 6) is -0.310. The van der Waals surface area contributed by atoms with Crippen LogP contribution in [0.4, 0.5) is 15.8 Å². The molecule has 27 heavy (non-hydrogen) atoms. The molecule has 0 saturated carbocycles. The lowest BCUT2D eigenvalue weighted by Gasteiger charge is -2.30. The largest absolute Gasteiger partial charge is 0.379 e. The number of amidine groups is 1. The van der Waals surface area contributed by atoms with E-state index in [1.54, 1.807) is 12.1 Å². The first kappa shape index (κ1) is 18.8. The Morgan fingerprint density at radius 2 is 2.04 bits per heavy atom. The van der Waals surface area contributed by atoms with E-state index in [2.05, 4.69) is 10.3 Å². The number of nitrogens with two attached hydrogens (primary N) is 1. The number of carbonyl (C=O) groups is 1. The van der Waals surface area contributed by atoms with Gasteiger partial charge in [0.15, 0.2) is 5.17 Å². The van der Waals surface area contributed by atoms with Crippen LogP contribution in [-0.2, 0) is 5.54 Å². The van der Waals surface area contributed by atoms with Gasteiger partial charge in [-0.3, -0.25) is 9.79 Å². The van der Waals surface area contributed by atoms with Crippen LogP contribution < -0.4 is 11.1 Å². The SMILES string of the molecule is CC1(c2ccc(F)c(NC(=O)c3ccc([N+](=O)O)cc3)c2)CCSC(N)=N1. The van der Waals surface area contributed by atoms with Gasteiger partial charge in [-0.05, 0) is 43.2 Å². The molecule has 0 fully saturated rings. The molecule has 4 N–H and O–H groups in total. The summed E-state index contributed by atoms with van der Waals surface area (Å²) in [4.78, 5) is 27.4. The molecule has 1 unspecified atom stereocenters. The summed E-state index contributed by atoms with van der Waals surface area (Å²) < 4.78 is 14.2. The molecule has 0 bridgehead atoms. The zero-order valence-electron chi connectivity index (χ0n) is 14.5. The number of hydrogen-bond donors (Lipinski definition) is 3. The molecule has 140 valence electrons. The van der Waals surface area contributed by atoms with Crippen LogP contribution in [0.3, 0.4) is 0 Å². The van der Waals surface area contributed by atoms with Crippen LogP contribution in [-0.4, -0.2) is 27.0 Å². The van der Waals surface area contributed by atoms with Crippen molar-refractivity contribution >= 4 is 34.2 Å². The normalized spacial score (nSPS) is 19.3. The standard InChI is InChI=1S/C18H17FN4O3S/c1-18(8-9-27-17(20)22-18)12-4-7-14(19)15(10-12)21-16(24)11-2-5-13(6-3-11)23(25)26/h2-7,10H,8-9H2,1H3,(H3-,20,21,22,24,25,26)/p+1. The zero-order chi connectivity index (χ0) is 19.6. The van der Waals surface area contributed by atoms with Crippen molar-refractivity contribution in [3.63, 3.8) is 0 Å². The second-order valence-corrected chi connectivity index (χ2v) is 7.41. The average Bonchev–Trinajstić information content (AvgIpc) is 2.63. The molecule has 0 aromatic heterocycles. The molecule has 1 heterocycles. The van der Waals surface area contributed by atoms with E-state index in [0.29, 0.717) is 5.17 Å². The first-order chi connectivity index (χ1) is 12.8. The molecule has 0 aliphatic carbocycles. The maximum Gasteiger partial charge on any atom is 0.316 e. The van der Waals surface area contributed by atoms with Gasteiger partial charge in [0.25, 0.3) is 10.8 Å². The summed E-state index contributed by atoms with van der Waals surface area (Å²) in [6.07, 6.45) is 0.742. The smallest absolute Gasteiger partial charge is 0.316 e. The minimum Gasteiger partial charge on any atom is -0.379 e. The van der Waals surface area contributed by atoms with E-state index in [9.17, 15) is 14.1 Å². The third-order valence-corrected chi connectivity index (χ3v) is 5.18. The number of anilines is 1. The van der Waals surface area contributed by atoms with Crippen LogP contribution in [0.15, 0.2) is 47.5 Å². The maximum atomic E-state index is 14.2. The monoisotopic (exact) mass is 389 g/mol. The predicted molar refractivity (Wildman–Crippen MR) is 102 cm³/mol. The van der Waals surface area contributed by atoms with Gasteiger partial charge in [-0.1, -0.05) is 17.8 Å². The molecule has 1 aliphatic heterocycles. The Hall–Kier alpha value is -2.94. The lowest BCUT2D eigenvalue weighted by Crippen LogP contribution is -2.29. The van der Waals surface area contributed by atoms with E-state index in [0.717, 1.165) is 17.7 Å². The van der Waals surface area contributed by atoms with Gasteiger partial charge in [0.2, 0.25) is 0 Å². The Morgan fingerprint density at radius 1 is 1.33 bits per heavy atom. The van der Waals surface area contributed by atoms with Gasteiger partial charge < -0.3 is 11.1 Å². The van der Waals surface area contributed by atoms with Gasteiger partial charge in [0.1, 0.15) is 5.82 Å². The van der Waals surface area contributed by atoms with Gasteiger partial charge in [-0.2, -0.15) is 0 Å². The highest BCUT2D eigenvalue weighted by molar-refractivity contribution is 8.13. The van der Waals surface area contributed by atoms with E-state index < -0.39 is 17.3 Å². The minimum absolute atomic E-state index is 0.0155. The van der Waals surface area contributed by atoms with E-state index in [-0.39, 0.29) is 21.9 Å². The first-order valence-corrected chi connectivity index (χ1v) is 9.13. The van der Waals surface area contributed by atoms with Crippen molar-refractivity contribution in [3.05, 3.63) is 64.3 Å². The highest BCUT2D eigenvalue weighted by Gasteiger charge is 2.30. The quantitative estimate of drug-likeness (QED) is 0.693. The van der Waals surface area contributed by atoms with Crippen LogP contribution in [0.1, 0.15) is 29.3 Å². The van der Waals surface area contributed by atoms with E-state index >= 15 is 0 Å². The number of rotatable bonds is 4. The summed E-state index contributed by atoms with van der Waals surface area (Å²) in [5.41, 5.74) is 6.23. The van der Waals surface area contributed by atoms with Crippen LogP contribution in [0, 0.1) is 10.7 Å². The topological polar surface area (TPSA) is 108 Å². The number of nitrogens with one attached hydrogen (secondary N) is 1. The molecule has 0 saturated heterocycles. The zero-order valence-corrected chi connectivity index (χ0v) is 15.3. The lowest BCUT2D eigenvalue weighted by molar-refractivity contribution is -0.729. The first-order valence-electron chi connectivity index (χ1n) is 8.14. The predicted octanol–water partition coefficient (Wildman–Crippen LogP) is 3.54. The van der Waals surface area contributed by atoms with Crippen molar-refractivity contribution in [2.75, 3.05) is 11.1 Å². The molecule has 0 spiro atoms. The van der Waals surface area contributed by atoms with Gasteiger partial charge in [0.05, 0.1) is 16.1 Å². The molecule has 1 amide bonds. The molecule has 2 aromatic rings. The second-order valence-electron chi connectivity index (χ2n) is 6.29. The summed E-state index contributed by atoms with van der Waals surface area (Å²) in [5, 5.41) is 11.8. The van der Waals surface area contributed by atoms with Crippen molar-refractivity contribution in [2.45, 2.75) is 18.9 Å². The van der Waals surface area contributed by atoms with Crippen LogP contribution in [0.2, 0.25) is 0 Å². The highest BCUT2D eigenvalue weighted by atomic mass is 32.2. The van der Waals surface area contributed by atoms with Crippen molar-refractivity contribution in [3.8, 4) is 0 Å². The van der Waals surface area contributed by atoms with Gasteiger partial charge in [-0.15, -0.1) is 0 Å². The maximum absolute atomic E-state index is 14.2. The number of hydrogen-bond acceptors (Lipinski definition) is 5. The molecule has 9 heteroatoms. The highest BCUT2D eigenvalue weighted by Crippen LogP contribution is 2.36.